The molecule has 3 aromatic rings. The highest BCUT2D eigenvalue weighted by atomic mass is 32.1. The van der Waals surface area contributed by atoms with Gasteiger partial charge in [0, 0.05) is 30.6 Å². The summed E-state index contributed by atoms with van der Waals surface area (Å²) in [6, 6.07) is 9.54. The lowest BCUT2D eigenvalue weighted by Crippen LogP contribution is -2.35. The zero-order chi connectivity index (χ0) is 21.7. The third-order valence-corrected chi connectivity index (χ3v) is 5.03. The van der Waals surface area contributed by atoms with Gasteiger partial charge < -0.3 is 4.90 Å². The zero-order valence-electron chi connectivity index (χ0n) is 16.8. The van der Waals surface area contributed by atoms with Crippen LogP contribution in [0.1, 0.15) is 26.5 Å². The number of pyridine rings is 1. The van der Waals surface area contributed by atoms with Crippen LogP contribution < -0.4 is 9.80 Å². The van der Waals surface area contributed by atoms with E-state index in [2.05, 4.69) is 9.97 Å². The first kappa shape index (κ1) is 21.3. The van der Waals surface area contributed by atoms with Gasteiger partial charge in [0.25, 0.3) is 5.91 Å². The second kappa shape index (κ2) is 9.41. The van der Waals surface area contributed by atoms with Crippen molar-refractivity contribution in [2.75, 3.05) is 9.80 Å². The van der Waals surface area contributed by atoms with Gasteiger partial charge in [0.1, 0.15) is 5.82 Å². The van der Waals surface area contributed by atoms with E-state index in [0.717, 1.165) is 0 Å². The molecule has 30 heavy (non-hydrogen) atoms. The van der Waals surface area contributed by atoms with Crippen LogP contribution in [0.3, 0.4) is 0 Å². The van der Waals surface area contributed by atoms with Gasteiger partial charge in [-0.15, -0.1) is 11.3 Å². The van der Waals surface area contributed by atoms with Crippen molar-refractivity contribution in [1.29, 1.82) is 0 Å². The lowest BCUT2D eigenvalue weighted by molar-refractivity contribution is -0.116. The predicted molar refractivity (Wildman–Crippen MR) is 117 cm³/mol. The second-order valence-corrected chi connectivity index (χ2v) is 7.54. The molecule has 2 amide bonds. The monoisotopic (exact) mass is 424 g/mol. The SMILES string of the molecule is CC(=O)N(c1nc(C=CC(=O)N(c2cccnc2)C(C)C)cs1)c1ccccc1F. The van der Waals surface area contributed by atoms with E-state index in [0.29, 0.717) is 16.5 Å². The highest BCUT2D eigenvalue weighted by Gasteiger charge is 2.21. The van der Waals surface area contributed by atoms with Crippen LogP contribution in [0.2, 0.25) is 0 Å². The van der Waals surface area contributed by atoms with Crippen molar-refractivity contribution in [2.24, 2.45) is 0 Å². The first-order valence-corrected chi connectivity index (χ1v) is 10.2. The largest absolute Gasteiger partial charge is 0.305 e. The Kier molecular flexibility index (Phi) is 6.68. The van der Waals surface area contributed by atoms with Crippen LogP contribution in [0, 0.1) is 5.82 Å². The van der Waals surface area contributed by atoms with Gasteiger partial charge >= 0.3 is 0 Å². The predicted octanol–water partition coefficient (Wildman–Crippen LogP) is 4.82. The molecule has 8 heteroatoms. The summed E-state index contributed by atoms with van der Waals surface area (Å²) in [6.45, 7) is 5.18. The lowest BCUT2D eigenvalue weighted by Gasteiger charge is -2.25. The molecule has 2 heterocycles. The summed E-state index contributed by atoms with van der Waals surface area (Å²) in [6.07, 6.45) is 6.28. The third-order valence-electron chi connectivity index (χ3n) is 4.18. The molecule has 0 saturated heterocycles. The molecule has 0 spiro atoms. The third kappa shape index (κ3) is 4.77. The number of amides is 2. The van der Waals surface area contributed by atoms with E-state index in [-0.39, 0.29) is 23.5 Å². The van der Waals surface area contributed by atoms with Crippen molar-refractivity contribution in [1.82, 2.24) is 9.97 Å². The van der Waals surface area contributed by atoms with Crippen molar-refractivity contribution < 1.29 is 14.0 Å². The first-order valence-electron chi connectivity index (χ1n) is 9.30. The number of benzene rings is 1. The Morgan fingerprint density at radius 1 is 1.17 bits per heavy atom. The van der Waals surface area contributed by atoms with Gasteiger partial charge in [0.2, 0.25) is 5.91 Å². The Balaban J connectivity index is 1.83. The maximum atomic E-state index is 14.2. The number of anilines is 3. The molecular weight excluding hydrogens is 403 g/mol. The first-order chi connectivity index (χ1) is 14.4. The summed E-state index contributed by atoms with van der Waals surface area (Å²) in [4.78, 5) is 36.2. The molecule has 0 aliphatic carbocycles. The van der Waals surface area contributed by atoms with Crippen molar-refractivity contribution in [3.8, 4) is 0 Å². The van der Waals surface area contributed by atoms with Gasteiger partial charge in [-0.2, -0.15) is 0 Å². The van der Waals surface area contributed by atoms with E-state index >= 15 is 0 Å². The molecule has 0 bridgehead atoms. The Bertz CT molecular complexity index is 1070. The van der Waals surface area contributed by atoms with Crippen LogP contribution in [0.5, 0.6) is 0 Å². The Labute approximate surface area is 178 Å². The zero-order valence-corrected chi connectivity index (χ0v) is 17.6. The number of carbonyl (C=O) groups is 2. The minimum absolute atomic E-state index is 0.0633. The summed E-state index contributed by atoms with van der Waals surface area (Å²) in [5, 5.41) is 2.03. The van der Waals surface area contributed by atoms with Crippen molar-refractivity contribution >= 4 is 45.7 Å². The average molecular weight is 425 g/mol. The molecule has 0 unspecified atom stereocenters. The fraction of sp³-hybridized carbons (Fsp3) is 0.182. The fourth-order valence-corrected chi connectivity index (χ4v) is 3.76. The van der Waals surface area contributed by atoms with Gasteiger partial charge in [0.15, 0.2) is 5.13 Å². The van der Waals surface area contributed by atoms with Crippen LogP contribution in [0.15, 0.2) is 60.2 Å². The molecule has 0 N–H and O–H groups in total. The smallest absolute Gasteiger partial charge is 0.251 e. The lowest BCUT2D eigenvalue weighted by atomic mass is 10.2. The molecule has 1 aromatic carbocycles. The molecular formula is C22H21FN4O2S. The fourth-order valence-electron chi connectivity index (χ4n) is 2.91. The molecule has 0 fully saturated rings. The van der Waals surface area contributed by atoms with E-state index in [4.69, 9.17) is 0 Å². The number of para-hydroxylation sites is 1. The molecule has 154 valence electrons. The van der Waals surface area contributed by atoms with Gasteiger partial charge in [-0.1, -0.05) is 12.1 Å². The van der Waals surface area contributed by atoms with Gasteiger partial charge in [-0.25, -0.2) is 9.37 Å². The van der Waals surface area contributed by atoms with Gasteiger partial charge in [-0.3, -0.25) is 19.5 Å². The maximum Gasteiger partial charge on any atom is 0.251 e. The topological polar surface area (TPSA) is 66.4 Å². The van der Waals surface area contributed by atoms with Crippen molar-refractivity contribution in [3.63, 3.8) is 0 Å². The Morgan fingerprint density at radius 3 is 2.57 bits per heavy atom. The quantitative estimate of drug-likeness (QED) is 0.532. The molecule has 6 nitrogen and oxygen atoms in total. The van der Waals surface area contributed by atoms with Gasteiger partial charge in [-0.05, 0) is 44.2 Å². The minimum atomic E-state index is -0.515. The highest BCUT2D eigenvalue weighted by Crippen LogP contribution is 2.31. The van der Waals surface area contributed by atoms with Crippen molar-refractivity contribution in [3.05, 3.63) is 71.8 Å². The summed E-state index contributed by atoms with van der Waals surface area (Å²) >= 11 is 1.19. The van der Waals surface area contributed by atoms with E-state index in [9.17, 15) is 14.0 Å². The minimum Gasteiger partial charge on any atom is -0.305 e. The number of rotatable bonds is 6. The summed E-state index contributed by atoms with van der Waals surface area (Å²) in [5.74, 6) is -1.09. The van der Waals surface area contributed by atoms with Crippen LogP contribution in [0.25, 0.3) is 6.08 Å². The molecule has 0 saturated carbocycles. The molecule has 2 aromatic heterocycles. The molecule has 3 rings (SSSR count). The number of thiazole rings is 1. The maximum absolute atomic E-state index is 14.2. The number of carbonyl (C=O) groups excluding carboxylic acids is 2. The van der Waals surface area contributed by atoms with Crippen LogP contribution in [-0.4, -0.2) is 27.8 Å². The normalized spacial score (nSPS) is 11.1. The summed E-state index contributed by atoms with van der Waals surface area (Å²) in [5.41, 5.74) is 1.33. The van der Waals surface area contributed by atoms with Crippen LogP contribution in [0.4, 0.5) is 20.9 Å². The number of hydrogen-bond donors (Lipinski definition) is 0. The molecule has 0 radical (unpaired) electrons. The van der Waals surface area contributed by atoms with Gasteiger partial charge in [0.05, 0.1) is 23.3 Å². The van der Waals surface area contributed by atoms with E-state index in [1.54, 1.807) is 46.9 Å². The number of nitrogens with zero attached hydrogens (tertiary/aromatic N) is 4. The summed E-state index contributed by atoms with van der Waals surface area (Å²) in [7, 11) is 0. The number of aromatic nitrogens is 2. The molecule has 0 aliphatic rings. The van der Waals surface area contributed by atoms with E-state index in [1.165, 1.54) is 41.4 Å². The number of halogens is 1. The number of hydrogen-bond acceptors (Lipinski definition) is 5. The summed E-state index contributed by atoms with van der Waals surface area (Å²) < 4.78 is 14.2. The van der Waals surface area contributed by atoms with Crippen molar-refractivity contribution in [2.45, 2.75) is 26.8 Å². The standard InChI is InChI=1S/C22H21FN4O2S/c1-15(2)26(18-7-6-12-24-13-18)21(29)11-10-17-14-30-22(25-17)27(16(3)28)20-9-5-4-8-19(20)23/h4-15H,1-3H3. The average Bonchev–Trinajstić information content (AvgIpc) is 3.17. The highest BCUT2D eigenvalue weighted by molar-refractivity contribution is 7.14. The molecule has 0 atom stereocenters. The molecule has 0 aliphatic heterocycles. The Morgan fingerprint density at radius 2 is 1.93 bits per heavy atom. The van der Waals surface area contributed by atoms with Crippen LogP contribution >= 0.6 is 11.3 Å². The van der Waals surface area contributed by atoms with E-state index in [1.807, 2.05) is 19.9 Å². The van der Waals surface area contributed by atoms with E-state index < -0.39 is 5.82 Å². The second-order valence-electron chi connectivity index (χ2n) is 6.71. The Hall–Kier alpha value is -3.39. The van der Waals surface area contributed by atoms with Crippen LogP contribution in [-0.2, 0) is 9.59 Å².